The molecule has 1 aliphatic rings. The molecule has 1 saturated heterocycles. The first-order chi connectivity index (χ1) is 10.1. The largest absolute Gasteiger partial charge is 0.384 e. The van der Waals surface area contributed by atoms with E-state index in [0.717, 1.165) is 50.3 Å². The Morgan fingerprint density at radius 3 is 2.71 bits per heavy atom. The summed E-state index contributed by atoms with van der Waals surface area (Å²) in [5.74, 6) is 0. The van der Waals surface area contributed by atoms with Crippen molar-refractivity contribution in [2.45, 2.75) is 19.8 Å². The number of benzene rings is 1. The molecule has 0 aromatic heterocycles. The number of nitro groups is 1. The van der Waals surface area contributed by atoms with Crippen LogP contribution in [0.1, 0.15) is 18.4 Å². The standard InChI is InChI=1S/C15H23N3O3/c1-12-9-13(18(19)20)3-4-14(12)17-10-15(11-21-2)5-7-16-8-6-15/h3-4,9,16-17H,5-8,10-11H2,1-2H3. The normalized spacial score (nSPS) is 17.4. The summed E-state index contributed by atoms with van der Waals surface area (Å²) in [5.41, 5.74) is 2.11. The van der Waals surface area contributed by atoms with Crippen molar-refractivity contribution in [1.82, 2.24) is 5.32 Å². The summed E-state index contributed by atoms with van der Waals surface area (Å²) in [6.45, 7) is 5.45. The molecule has 0 amide bonds. The Bertz CT molecular complexity index is 493. The molecular weight excluding hydrogens is 270 g/mol. The lowest BCUT2D eigenvalue weighted by Gasteiger charge is -2.37. The molecule has 2 N–H and O–H groups in total. The average Bonchev–Trinajstić information content (AvgIpc) is 2.47. The van der Waals surface area contributed by atoms with Gasteiger partial charge in [0.1, 0.15) is 0 Å². The summed E-state index contributed by atoms with van der Waals surface area (Å²) in [4.78, 5) is 10.4. The van der Waals surface area contributed by atoms with Gasteiger partial charge in [0.05, 0.1) is 11.5 Å². The fraction of sp³-hybridized carbons (Fsp3) is 0.600. The predicted octanol–water partition coefficient (Wildman–Crippen LogP) is 2.33. The van der Waals surface area contributed by atoms with Crippen molar-refractivity contribution >= 4 is 11.4 Å². The molecule has 0 saturated carbocycles. The average molecular weight is 293 g/mol. The zero-order valence-electron chi connectivity index (χ0n) is 12.6. The van der Waals surface area contributed by atoms with Gasteiger partial charge in [0.15, 0.2) is 0 Å². The van der Waals surface area contributed by atoms with E-state index in [2.05, 4.69) is 10.6 Å². The van der Waals surface area contributed by atoms with Crippen LogP contribution in [0.4, 0.5) is 11.4 Å². The Balaban J connectivity index is 2.05. The van der Waals surface area contributed by atoms with E-state index >= 15 is 0 Å². The number of nitro benzene ring substituents is 1. The van der Waals surface area contributed by atoms with Gasteiger partial charge in [-0.25, -0.2) is 0 Å². The Kier molecular flexibility index (Phi) is 5.14. The number of hydrogen-bond acceptors (Lipinski definition) is 5. The molecule has 1 aromatic carbocycles. The van der Waals surface area contributed by atoms with Gasteiger partial charge in [-0.2, -0.15) is 0 Å². The maximum atomic E-state index is 10.8. The Hall–Kier alpha value is -1.66. The first kappa shape index (κ1) is 15.7. The molecule has 6 heteroatoms. The lowest BCUT2D eigenvalue weighted by molar-refractivity contribution is -0.384. The summed E-state index contributed by atoms with van der Waals surface area (Å²) < 4.78 is 5.40. The van der Waals surface area contributed by atoms with E-state index in [1.54, 1.807) is 25.3 Å². The number of nitrogens with zero attached hydrogens (tertiary/aromatic N) is 1. The summed E-state index contributed by atoms with van der Waals surface area (Å²) in [7, 11) is 1.74. The third-order valence-electron chi connectivity index (χ3n) is 4.19. The number of methoxy groups -OCH3 is 1. The zero-order chi connectivity index (χ0) is 15.3. The van der Waals surface area contributed by atoms with Gasteiger partial charge in [-0.1, -0.05) is 0 Å². The van der Waals surface area contributed by atoms with Crippen LogP contribution in [0.25, 0.3) is 0 Å². The molecule has 0 spiro atoms. The van der Waals surface area contributed by atoms with Crippen molar-refractivity contribution in [2.75, 3.05) is 38.7 Å². The van der Waals surface area contributed by atoms with Gasteiger partial charge >= 0.3 is 0 Å². The monoisotopic (exact) mass is 293 g/mol. The van der Waals surface area contributed by atoms with Crippen molar-refractivity contribution in [3.63, 3.8) is 0 Å². The third-order valence-corrected chi connectivity index (χ3v) is 4.19. The molecule has 0 unspecified atom stereocenters. The van der Waals surface area contributed by atoms with Gasteiger partial charge in [0.25, 0.3) is 5.69 Å². The number of non-ortho nitro benzene ring substituents is 1. The van der Waals surface area contributed by atoms with Crippen molar-refractivity contribution in [3.05, 3.63) is 33.9 Å². The Morgan fingerprint density at radius 2 is 2.14 bits per heavy atom. The van der Waals surface area contributed by atoms with Crippen molar-refractivity contribution in [2.24, 2.45) is 5.41 Å². The summed E-state index contributed by atoms with van der Waals surface area (Å²) in [6.07, 6.45) is 2.14. The number of rotatable bonds is 6. The van der Waals surface area contributed by atoms with Crippen LogP contribution in [0.2, 0.25) is 0 Å². The fourth-order valence-corrected chi connectivity index (χ4v) is 2.88. The van der Waals surface area contributed by atoms with E-state index in [1.807, 2.05) is 6.92 Å². The summed E-state index contributed by atoms with van der Waals surface area (Å²) in [6, 6.07) is 4.93. The van der Waals surface area contributed by atoms with Crippen LogP contribution in [0.3, 0.4) is 0 Å². The van der Waals surface area contributed by atoms with E-state index in [4.69, 9.17) is 4.74 Å². The second-order valence-corrected chi connectivity index (χ2v) is 5.79. The van der Waals surface area contributed by atoms with Gasteiger partial charge in [-0.15, -0.1) is 0 Å². The van der Waals surface area contributed by atoms with Crippen LogP contribution < -0.4 is 10.6 Å². The van der Waals surface area contributed by atoms with Gasteiger partial charge < -0.3 is 15.4 Å². The number of aryl methyl sites for hydroxylation is 1. The van der Waals surface area contributed by atoms with Crippen LogP contribution in [0.15, 0.2) is 18.2 Å². The number of nitrogens with one attached hydrogen (secondary N) is 2. The first-order valence-electron chi connectivity index (χ1n) is 7.25. The highest BCUT2D eigenvalue weighted by Gasteiger charge is 2.32. The van der Waals surface area contributed by atoms with E-state index in [1.165, 1.54) is 0 Å². The van der Waals surface area contributed by atoms with Crippen LogP contribution in [0.5, 0.6) is 0 Å². The first-order valence-corrected chi connectivity index (χ1v) is 7.25. The van der Waals surface area contributed by atoms with Crippen LogP contribution in [0, 0.1) is 22.5 Å². The fourth-order valence-electron chi connectivity index (χ4n) is 2.88. The molecule has 6 nitrogen and oxygen atoms in total. The molecule has 1 aliphatic heterocycles. The molecule has 116 valence electrons. The van der Waals surface area contributed by atoms with Crippen molar-refractivity contribution in [1.29, 1.82) is 0 Å². The molecule has 1 fully saturated rings. The predicted molar refractivity (Wildman–Crippen MR) is 82.7 cm³/mol. The highest BCUT2D eigenvalue weighted by Crippen LogP contribution is 2.30. The number of ether oxygens (including phenoxy) is 1. The van der Waals surface area contributed by atoms with Crippen LogP contribution in [-0.4, -0.2) is 38.3 Å². The van der Waals surface area contributed by atoms with Gasteiger partial charge in [-0.05, 0) is 44.5 Å². The highest BCUT2D eigenvalue weighted by atomic mass is 16.6. The van der Waals surface area contributed by atoms with E-state index in [9.17, 15) is 10.1 Å². The minimum absolute atomic E-state index is 0.131. The van der Waals surface area contributed by atoms with E-state index < -0.39 is 0 Å². The Morgan fingerprint density at radius 1 is 1.43 bits per heavy atom. The molecule has 0 radical (unpaired) electrons. The van der Waals surface area contributed by atoms with Gasteiger partial charge in [0, 0.05) is 36.9 Å². The second kappa shape index (κ2) is 6.87. The van der Waals surface area contributed by atoms with E-state index in [0.29, 0.717) is 0 Å². The molecule has 0 bridgehead atoms. The van der Waals surface area contributed by atoms with Crippen LogP contribution >= 0.6 is 0 Å². The summed E-state index contributed by atoms with van der Waals surface area (Å²) >= 11 is 0. The SMILES string of the molecule is COCC1(CNc2ccc([N+](=O)[O-])cc2C)CCNCC1. The molecule has 0 aliphatic carbocycles. The molecule has 21 heavy (non-hydrogen) atoms. The third kappa shape index (κ3) is 3.92. The lowest BCUT2D eigenvalue weighted by atomic mass is 9.79. The lowest BCUT2D eigenvalue weighted by Crippen LogP contribution is -2.44. The minimum Gasteiger partial charge on any atom is -0.384 e. The van der Waals surface area contributed by atoms with E-state index in [-0.39, 0.29) is 16.0 Å². The second-order valence-electron chi connectivity index (χ2n) is 5.79. The number of anilines is 1. The molecule has 0 atom stereocenters. The van der Waals surface area contributed by atoms with Gasteiger partial charge in [-0.3, -0.25) is 10.1 Å². The van der Waals surface area contributed by atoms with Gasteiger partial charge in [0.2, 0.25) is 0 Å². The zero-order valence-corrected chi connectivity index (χ0v) is 12.6. The minimum atomic E-state index is -0.365. The topological polar surface area (TPSA) is 76.4 Å². The summed E-state index contributed by atoms with van der Waals surface area (Å²) in [5, 5.41) is 17.6. The Labute approximate surface area is 125 Å². The smallest absolute Gasteiger partial charge is 0.269 e. The maximum absolute atomic E-state index is 10.8. The number of piperidine rings is 1. The molecule has 1 heterocycles. The van der Waals surface area contributed by atoms with Crippen molar-refractivity contribution in [3.8, 4) is 0 Å². The van der Waals surface area contributed by atoms with Crippen LogP contribution in [-0.2, 0) is 4.74 Å². The maximum Gasteiger partial charge on any atom is 0.269 e. The molecule has 2 rings (SSSR count). The van der Waals surface area contributed by atoms with Crippen molar-refractivity contribution < 1.29 is 9.66 Å². The highest BCUT2D eigenvalue weighted by molar-refractivity contribution is 5.55. The number of hydrogen-bond donors (Lipinski definition) is 2. The quantitative estimate of drug-likeness (QED) is 0.622. The molecule has 1 aromatic rings. The molecular formula is C15H23N3O3.